The molecule has 62 heavy (non-hydrogen) atoms. The first-order chi connectivity index (χ1) is 30.3. The molecule has 2 aliphatic rings. The molecule has 0 N–H and O–H groups in total. The highest BCUT2D eigenvalue weighted by molar-refractivity contribution is 6.09. The van der Waals surface area contributed by atoms with Gasteiger partial charge in [0.05, 0.1) is 16.7 Å². The van der Waals surface area contributed by atoms with Crippen LogP contribution >= 0.6 is 0 Å². The highest BCUT2D eigenvalue weighted by Gasteiger charge is 2.54. The lowest BCUT2D eigenvalue weighted by molar-refractivity contribution is -0.137. The number of hydrogen-bond donors (Lipinski definition) is 0. The third-order valence-corrected chi connectivity index (χ3v) is 13.0. The van der Waals surface area contributed by atoms with Gasteiger partial charge in [0, 0.05) is 33.3 Å². The van der Waals surface area contributed by atoms with Crippen LogP contribution in [-0.4, -0.2) is 0 Å². The molecule has 1 spiro atoms. The van der Waals surface area contributed by atoms with Crippen molar-refractivity contribution in [3.05, 3.63) is 234 Å². The topological polar surface area (TPSA) is 16.4 Å². The third-order valence-electron chi connectivity index (χ3n) is 13.0. The smallest absolute Gasteiger partial charge is 0.416 e. The van der Waals surface area contributed by atoms with Gasteiger partial charge < -0.3 is 9.32 Å². The standard InChI is InChI=1S/C57H36F3NO/c1-35-21-31-44-45-32-26-39(57(58,59)60)34-51(45)56(50(44)33-35)49-18-7-5-13-43(49)47-16-10-19-52(54(47)56)61(40-27-22-37(23-28-40)36-11-3-2-4-12-36)41-29-24-38(25-30-41)42-15-9-17-48-46-14-6-8-20-53(46)62-55(42)48/h2-34H,1H3. The predicted molar refractivity (Wildman–Crippen MR) is 245 cm³/mol. The second-order valence-corrected chi connectivity index (χ2v) is 16.4. The average Bonchev–Trinajstić information content (AvgIpc) is 3.93. The number of alkyl halides is 3. The Morgan fingerprint density at radius 3 is 1.81 bits per heavy atom. The molecular formula is C57H36F3NO. The normalized spacial score (nSPS) is 14.8. The molecule has 2 aliphatic carbocycles. The van der Waals surface area contributed by atoms with Crippen LogP contribution < -0.4 is 4.90 Å². The minimum Gasteiger partial charge on any atom is -0.455 e. The van der Waals surface area contributed by atoms with Crippen molar-refractivity contribution in [2.24, 2.45) is 0 Å². The van der Waals surface area contributed by atoms with Crippen LogP contribution in [0.2, 0.25) is 0 Å². The van der Waals surface area contributed by atoms with E-state index in [2.05, 4.69) is 145 Å². The lowest BCUT2D eigenvalue weighted by atomic mass is 9.69. The maximum Gasteiger partial charge on any atom is 0.416 e. The number of fused-ring (bicyclic) bond motifs is 13. The molecule has 296 valence electrons. The summed E-state index contributed by atoms with van der Waals surface area (Å²) in [5, 5.41) is 2.14. The molecule has 0 saturated heterocycles. The van der Waals surface area contributed by atoms with Crippen molar-refractivity contribution >= 4 is 39.0 Å². The molecule has 12 rings (SSSR count). The first kappa shape index (κ1) is 36.2. The van der Waals surface area contributed by atoms with E-state index in [4.69, 9.17) is 4.42 Å². The Hall–Kier alpha value is -7.63. The summed E-state index contributed by atoms with van der Waals surface area (Å²) in [4.78, 5) is 2.27. The Morgan fingerprint density at radius 2 is 1.03 bits per heavy atom. The van der Waals surface area contributed by atoms with Crippen molar-refractivity contribution in [2.75, 3.05) is 4.90 Å². The maximum absolute atomic E-state index is 14.8. The van der Waals surface area contributed by atoms with Crippen LogP contribution in [0.25, 0.3) is 66.4 Å². The van der Waals surface area contributed by atoms with Crippen LogP contribution in [0.5, 0.6) is 0 Å². The summed E-state index contributed by atoms with van der Waals surface area (Å²) in [6, 6.07) is 67.0. The first-order valence-electron chi connectivity index (χ1n) is 20.8. The van der Waals surface area contributed by atoms with Crippen molar-refractivity contribution in [1.82, 2.24) is 0 Å². The van der Waals surface area contributed by atoms with Gasteiger partial charge in [0.2, 0.25) is 0 Å². The van der Waals surface area contributed by atoms with Crippen molar-refractivity contribution < 1.29 is 17.6 Å². The van der Waals surface area contributed by atoms with E-state index < -0.39 is 17.2 Å². The molecule has 0 fully saturated rings. The van der Waals surface area contributed by atoms with Gasteiger partial charge in [0.15, 0.2) is 0 Å². The Kier molecular flexibility index (Phi) is 7.85. The summed E-state index contributed by atoms with van der Waals surface area (Å²) in [6.45, 7) is 2.06. The van der Waals surface area contributed by atoms with Crippen molar-refractivity contribution in [3.8, 4) is 44.5 Å². The molecule has 0 amide bonds. The Morgan fingerprint density at radius 1 is 0.452 bits per heavy atom. The van der Waals surface area contributed by atoms with E-state index in [0.717, 1.165) is 106 Å². The number of aryl methyl sites for hydroxylation is 1. The van der Waals surface area contributed by atoms with Gasteiger partial charge in [-0.05, 0) is 111 Å². The van der Waals surface area contributed by atoms with Crippen LogP contribution in [0.4, 0.5) is 30.2 Å². The number of nitrogens with zero attached hydrogens (tertiary/aromatic N) is 1. The van der Waals surface area contributed by atoms with Crippen LogP contribution in [0.15, 0.2) is 205 Å². The zero-order valence-electron chi connectivity index (χ0n) is 33.5. The molecule has 10 aromatic rings. The fourth-order valence-corrected chi connectivity index (χ4v) is 10.3. The summed E-state index contributed by atoms with van der Waals surface area (Å²) < 4.78 is 50.9. The molecule has 0 saturated carbocycles. The number of benzene rings is 9. The van der Waals surface area contributed by atoms with Gasteiger partial charge in [-0.15, -0.1) is 0 Å². The number of halogens is 3. The second-order valence-electron chi connectivity index (χ2n) is 16.4. The molecule has 0 aliphatic heterocycles. The molecule has 1 unspecified atom stereocenters. The summed E-state index contributed by atoms with van der Waals surface area (Å²) >= 11 is 0. The monoisotopic (exact) mass is 807 g/mol. The largest absolute Gasteiger partial charge is 0.455 e. The van der Waals surface area contributed by atoms with E-state index >= 15 is 0 Å². The van der Waals surface area contributed by atoms with E-state index in [9.17, 15) is 13.2 Å². The van der Waals surface area contributed by atoms with Gasteiger partial charge in [-0.3, -0.25) is 0 Å². The summed E-state index contributed by atoms with van der Waals surface area (Å²) in [7, 11) is 0. The molecular weight excluding hydrogens is 772 g/mol. The van der Waals surface area contributed by atoms with Crippen molar-refractivity contribution in [2.45, 2.75) is 18.5 Å². The third kappa shape index (κ3) is 5.24. The molecule has 0 radical (unpaired) electrons. The van der Waals surface area contributed by atoms with E-state index in [-0.39, 0.29) is 0 Å². The van der Waals surface area contributed by atoms with Crippen molar-refractivity contribution in [1.29, 1.82) is 0 Å². The maximum atomic E-state index is 14.8. The van der Waals surface area contributed by atoms with E-state index in [1.807, 2.05) is 48.5 Å². The molecule has 5 heteroatoms. The van der Waals surface area contributed by atoms with Gasteiger partial charge in [-0.25, -0.2) is 0 Å². The molecule has 1 atom stereocenters. The Balaban J connectivity index is 1.12. The van der Waals surface area contributed by atoms with Crippen LogP contribution in [-0.2, 0) is 11.6 Å². The van der Waals surface area contributed by atoms with Crippen molar-refractivity contribution in [3.63, 3.8) is 0 Å². The van der Waals surface area contributed by atoms with Crippen LogP contribution in [0, 0.1) is 6.92 Å². The Labute approximate surface area is 356 Å². The lowest BCUT2D eigenvalue weighted by Crippen LogP contribution is -2.29. The number of rotatable bonds is 5. The molecule has 9 aromatic carbocycles. The highest BCUT2D eigenvalue weighted by atomic mass is 19.4. The van der Waals surface area contributed by atoms with Gasteiger partial charge in [0.25, 0.3) is 0 Å². The molecule has 0 bridgehead atoms. The number of furan rings is 1. The quantitative estimate of drug-likeness (QED) is 0.172. The SMILES string of the molecule is Cc1ccc2c(c1)C1(c3cc(C(F)(F)F)ccc3-2)c2ccccc2-c2cccc(N(c3ccc(-c4ccccc4)cc3)c3ccc(-c4cccc5c4oc4ccccc45)cc3)c21. The van der Waals surface area contributed by atoms with Crippen LogP contribution in [0.1, 0.15) is 33.4 Å². The fraction of sp³-hybridized carbons (Fsp3) is 0.0526. The summed E-state index contributed by atoms with van der Waals surface area (Å²) in [6.07, 6.45) is -4.53. The first-order valence-corrected chi connectivity index (χ1v) is 20.8. The minimum absolute atomic E-state index is 0.639. The number of para-hydroxylation sites is 2. The van der Waals surface area contributed by atoms with E-state index in [1.165, 1.54) is 12.1 Å². The van der Waals surface area contributed by atoms with Crippen LogP contribution in [0.3, 0.4) is 0 Å². The number of anilines is 3. The highest BCUT2D eigenvalue weighted by Crippen LogP contribution is 2.66. The van der Waals surface area contributed by atoms with Gasteiger partial charge in [-0.2, -0.15) is 13.2 Å². The van der Waals surface area contributed by atoms with Gasteiger partial charge in [0.1, 0.15) is 11.2 Å². The fourth-order valence-electron chi connectivity index (χ4n) is 10.3. The van der Waals surface area contributed by atoms with Gasteiger partial charge >= 0.3 is 6.18 Å². The molecule has 1 heterocycles. The second kappa shape index (κ2) is 13.4. The Bertz CT molecular complexity index is 3400. The molecule has 1 aromatic heterocycles. The summed E-state index contributed by atoms with van der Waals surface area (Å²) in [5.74, 6) is 0. The van der Waals surface area contributed by atoms with E-state index in [1.54, 1.807) is 6.07 Å². The summed E-state index contributed by atoms with van der Waals surface area (Å²) in [5.41, 5.74) is 15.2. The zero-order chi connectivity index (χ0) is 41.7. The minimum atomic E-state index is -4.53. The van der Waals surface area contributed by atoms with E-state index in [0.29, 0.717) is 5.56 Å². The predicted octanol–water partition coefficient (Wildman–Crippen LogP) is 16.1. The average molecular weight is 808 g/mol. The molecule has 2 nitrogen and oxygen atoms in total. The lowest BCUT2D eigenvalue weighted by Gasteiger charge is -2.36. The number of hydrogen-bond acceptors (Lipinski definition) is 2. The van der Waals surface area contributed by atoms with Gasteiger partial charge in [-0.1, -0.05) is 157 Å². The zero-order valence-corrected chi connectivity index (χ0v) is 33.5.